The van der Waals surface area contributed by atoms with Gasteiger partial charge in [0.2, 0.25) is 0 Å². The Morgan fingerprint density at radius 2 is 2.17 bits per heavy atom. The zero-order valence-corrected chi connectivity index (χ0v) is 10.00. The maximum atomic E-state index is 10.9. The van der Waals surface area contributed by atoms with Gasteiger partial charge in [0.05, 0.1) is 11.1 Å². The van der Waals surface area contributed by atoms with E-state index in [1.807, 2.05) is 7.05 Å². The molecule has 1 N–H and O–H groups in total. The van der Waals surface area contributed by atoms with Crippen LogP contribution in [0.25, 0.3) is 10.9 Å². The highest BCUT2D eigenvalue weighted by atomic mass is 16.4. The Morgan fingerprint density at radius 1 is 1.39 bits per heavy atom. The van der Waals surface area contributed by atoms with Crippen LogP contribution in [-0.4, -0.2) is 34.1 Å². The van der Waals surface area contributed by atoms with E-state index in [4.69, 9.17) is 5.11 Å². The summed E-state index contributed by atoms with van der Waals surface area (Å²) in [6.45, 7) is 0. The predicted molar refractivity (Wildman–Crippen MR) is 67.9 cm³/mol. The second kappa shape index (κ2) is 3.94. The van der Waals surface area contributed by atoms with Crippen LogP contribution in [0.2, 0.25) is 0 Å². The maximum Gasteiger partial charge on any atom is 0.335 e. The molecule has 92 valence electrons. The number of aromatic nitrogens is 2. The van der Waals surface area contributed by atoms with Crippen LogP contribution in [0.15, 0.2) is 24.5 Å². The molecule has 1 aliphatic rings. The molecular formula is C13H13N3O2. The SMILES string of the molecule is CN(c1ncnc2cc(C(=O)O)ccc12)C1CC1. The zero-order chi connectivity index (χ0) is 12.7. The molecule has 18 heavy (non-hydrogen) atoms. The molecule has 5 nitrogen and oxygen atoms in total. The smallest absolute Gasteiger partial charge is 0.335 e. The molecule has 2 aromatic rings. The number of aromatic carboxylic acids is 1. The fraction of sp³-hybridized carbons (Fsp3) is 0.308. The van der Waals surface area contributed by atoms with Gasteiger partial charge in [-0.3, -0.25) is 0 Å². The Balaban J connectivity index is 2.13. The topological polar surface area (TPSA) is 66.3 Å². The Kier molecular flexibility index (Phi) is 2.40. The van der Waals surface area contributed by atoms with E-state index in [0.29, 0.717) is 11.6 Å². The molecule has 1 saturated carbocycles. The first kappa shape index (κ1) is 11.0. The summed E-state index contributed by atoms with van der Waals surface area (Å²) in [5.41, 5.74) is 0.925. The second-order valence-electron chi connectivity index (χ2n) is 4.58. The summed E-state index contributed by atoms with van der Waals surface area (Å²) in [7, 11) is 2.02. The molecule has 0 spiro atoms. The number of nitrogens with zero attached hydrogens (tertiary/aromatic N) is 3. The number of rotatable bonds is 3. The lowest BCUT2D eigenvalue weighted by Gasteiger charge is -2.18. The molecule has 1 fully saturated rings. The molecule has 3 rings (SSSR count). The van der Waals surface area contributed by atoms with Gasteiger partial charge in [-0.25, -0.2) is 14.8 Å². The van der Waals surface area contributed by atoms with Crippen LogP contribution in [0.5, 0.6) is 0 Å². The van der Waals surface area contributed by atoms with Gasteiger partial charge in [0.25, 0.3) is 0 Å². The quantitative estimate of drug-likeness (QED) is 0.892. The monoisotopic (exact) mass is 243 g/mol. The normalized spacial score (nSPS) is 14.7. The molecule has 0 saturated heterocycles. The van der Waals surface area contributed by atoms with Gasteiger partial charge in [0.15, 0.2) is 0 Å². The van der Waals surface area contributed by atoms with Crippen molar-refractivity contribution in [3.63, 3.8) is 0 Å². The van der Waals surface area contributed by atoms with Crippen LogP contribution < -0.4 is 4.90 Å². The van der Waals surface area contributed by atoms with Gasteiger partial charge in [0.1, 0.15) is 12.1 Å². The van der Waals surface area contributed by atoms with E-state index < -0.39 is 5.97 Å². The minimum absolute atomic E-state index is 0.251. The Bertz CT molecular complexity index is 623. The highest BCUT2D eigenvalue weighted by molar-refractivity contribution is 5.96. The number of carboxylic acids is 1. The molecule has 0 radical (unpaired) electrons. The highest BCUT2D eigenvalue weighted by Gasteiger charge is 2.28. The van der Waals surface area contributed by atoms with Crippen molar-refractivity contribution in [2.75, 3.05) is 11.9 Å². The first-order valence-electron chi connectivity index (χ1n) is 5.87. The third-order valence-electron chi connectivity index (χ3n) is 3.29. The van der Waals surface area contributed by atoms with E-state index in [9.17, 15) is 4.79 Å². The largest absolute Gasteiger partial charge is 0.478 e. The summed E-state index contributed by atoms with van der Waals surface area (Å²) in [4.78, 5) is 21.5. The van der Waals surface area contributed by atoms with Gasteiger partial charge in [-0.05, 0) is 31.0 Å². The van der Waals surface area contributed by atoms with E-state index in [-0.39, 0.29) is 5.56 Å². The fourth-order valence-corrected chi connectivity index (χ4v) is 2.09. The molecule has 5 heteroatoms. The van der Waals surface area contributed by atoms with Crippen LogP contribution in [-0.2, 0) is 0 Å². The summed E-state index contributed by atoms with van der Waals surface area (Å²) < 4.78 is 0. The van der Waals surface area contributed by atoms with Crippen molar-refractivity contribution in [2.24, 2.45) is 0 Å². The number of hydrogen-bond donors (Lipinski definition) is 1. The first-order valence-corrected chi connectivity index (χ1v) is 5.87. The van der Waals surface area contributed by atoms with Gasteiger partial charge >= 0.3 is 5.97 Å². The van der Waals surface area contributed by atoms with Crippen molar-refractivity contribution in [1.29, 1.82) is 0 Å². The minimum atomic E-state index is -0.937. The summed E-state index contributed by atoms with van der Waals surface area (Å²) in [6.07, 6.45) is 3.87. The van der Waals surface area contributed by atoms with E-state index in [2.05, 4.69) is 14.9 Å². The standard InChI is InChI=1S/C13H13N3O2/c1-16(9-3-4-9)12-10-5-2-8(13(17)18)6-11(10)14-7-15-12/h2,5-7,9H,3-4H2,1H3,(H,17,18). The van der Waals surface area contributed by atoms with Crippen molar-refractivity contribution in [1.82, 2.24) is 9.97 Å². The number of benzene rings is 1. The van der Waals surface area contributed by atoms with Crippen LogP contribution >= 0.6 is 0 Å². The summed E-state index contributed by atoms with van der Waals surface area (Å²) >= 11 is 0. The number of fused-ring (bicyclic) bond motifs is 1. The van der Waals surface area contributed by atoms with Crippen LogP contribution in [0, 0.1) is 0 Å². The molecule has 0 amide bonds. The molecule has 1 heterocycles. The predicted octanol–water partition coefficient (Wildman–Crippen LogP) is 1.93. The van der Waals surface area contributed by atoms with Crippen LogP contribution in [0.1, 0.15) is 23.2 Å². The van der Waals surface area contributed by atoms with E-state index in [0.717, 1.165) is 11.2 Å². The molecule has 1 aromatic heterocycles. The maximum absolute atomic E-state index is 10.9. The third-order valence-corrected chi connectivity index (χ3v) is 3.29. The Labute approximate surface area is 104 Å². The molecule has 1 aromatic carbocycles. The van der Waals surface area contributed by atoms with Crippen molar-refractivity contribution >= 4 is 22.7 Å². The van der Waals surface area contributed by atoms with Crippen molar-refractivity contribution < 1.29 is 9.90 Å². The average molecular weight is 243 g/mol. The lowest BCUT2D eigenvalue weighted by molar-refractivity contribution is 0.0697. The van der Waals surface area contributed by atoms with Gasteiger partial charge < -0.3 is 10.0 Å². The van der Waals surface area contributed by atoms with Gasteiger partial charge in [-0.15, -0.1) is 0 Å². The van der Waals surface area contributed by atoms with Gasteiger partial charge in [-0.1, -0.05) is 0 Å². The second-order valence-corrected chi connectivity index (χ2v) is 4.58. The molecular weight excluding hydrogens is 230 g/mol. The van der Waals surface area contributed by atoms with Gasteiger partial charge in [0, 0.05) is 18.5 Å². The number of carbonyl (C=O) groups is 1. The molecule has 0 atom stereocenters. The first-order chi connectivity index (χ1) is 8.66. The number of anilines is 1. The van der Waals surface area contributed by atoms with Crippen molar-refractivity contribution in [2.45, 2.75) is 18.9 Å². The Morgan fingerprint density at radius 3 is 2.83 bits per heavy atom. The van der Waals surface area contributed by atoms with E-state index in [1.54, 1.807) is 18.2 Å². The Hall–Kier alpha value is -2.17. The van der Waals surface area contributed by atoms with E-state index in [1.165, 1.54) is 19.2 Å². The minimum Gasteiger partial charge on any atom is -0.478 e. The third kappa shape index (κ3) is 1.77. The molecule has 0 unspecified atom stereocenters. The van der Waals surface area contributed by atoms with Crippen LogP contribution in [0.3, 0.4) is 0 Å². The highest BCUT2D eigenvalue weighted by Crippen LogP contribution is 2.32. The van der Waals surface area contributed by atoms with Gasteiger partial charge in [-0.2, -0.15) is 0 Å². The lowest BCUT2D eigenvalue weighted by atomic mass is 10.1. The molecule has 0 aliphatic heterocycles. The fourth-order valence-electron chi connectivity index (χ4n) is 2.09. The molecule has 1 aliphatic carbocycles. The number of hydrogen-bond acceptors (Lipinski definition) is 4. The summed E-state index contributed by atoms with van der Waals surface area (Å²) in [6, 6.07) is 5.52. The van der Waals surface area contributed by atoms with Crippen LogP contribution in [0.4, 0.5) is 5.82 Å². The summed E-state index contributed by atoms with van der Waals surface area (Å²) in [5, 5.41) is 9.87. The summed E-state index contributed by atoms with van der Waals surface area (Å²) in [5.74, 6) is -0.0629. The van der Waals surface area contributed by atoms with E-state index >= 15 is 0 Å². The lowest BCUT2D eigenvalue weighted by Crippen LogP contribution is -2.21. The average Bonchev–Trinajstić information content (AvgIpc) is 3.20. The van der Waals surface area contributed by atoms with Crippen molar-refractivity contribution in [3.8, 4) is 0 Å². The zero-order valence-electron chi connectivity index (χ0n) is 10.00. The number of carboxylic acid groups (broad SMARTS) is 1. The van der Waals surface area contributed by atoms with Crippen molar-refractivity contribution in [3.05, 3.63) is 30.1 Å². The molecule has 0 bridgehead atoms.